The topological polar surface area (TPSA) is 62.2 Å². The highest BCUT2D eigenvalue weighted by Crippen LogP contribution is 2.34. The maximum atomic E-state index is 11.8. The number of aliphatic hydroxyl groups is 1. The summed E-state index contributed by atoms with van der Waals surface area (Å²) < 4.78 is 0. The van der Waals surface area contributed by atoms with Crippen molar-refractivity contribution in [3.05, 3.63) is 35.2 Å². The molecular weight excluding hydrogens is 352 g/mol. The van der Waals surface area contributed by atoms with E-state index in [0.29, 0.717) is 22.6 Å². The van der Waals surface area contributed by atoms with Crippen LogP contribution in [0.25, 0.3) is 11.3 Å². The van der Waals surface area contributed by atoms with Crippen molar-refractivity contribution in [2.45, 2.75) is 38.0 Å². The van der Waals surface area contributed by atoms with Crippen LogP contribution in [-0.2, 0) is 4.79 Å². The number of thiazole rings is 1. The van der Waals surface area contributed by atoms with E-state index in [1.54, 1.807) is 0 Å². The van der Waals surface area contributed by atoms with Gasteiger partial charge < -0.3 is 10.4 Å². The number of amides is 1. The van der Waals surface area contributed by atoms with Crippen molar-refractivity contribution in [2.75, 3.05) is 23.4 Å². The Kier molecular flexibility index (Phi) is 6.90. The van der Waals surface area contributed by atoms with Crippen molar-refractivity contribution in [1.29, 1.82) is 0 Å². The molecule has 1 fully saturated rings. The number of carbonyl (C=O) groups is 1. The number of benzene rings is 1. The van der Waals surface area contributed by atoms with Gasteiger partial charge in [0.05, 0.1) is 18.1 Å². The fraction of sp³-hybridized carbons (Fsp3) is 0.474. The Morgan fingerprint density at radius 1 is 1.24 bits per heavy atom. The number of thioether (sulfide) groups is 1. The minimum Gasteiger partial charge on any atom is -0.396 e. The molecule has 1 heterocycles. The van der Waals surface area contributed by atoms with Crippen molar-refractivity contribution >= 4 is 34.1 Å². The molecule has 3 rings (SSSR count). The van der Waals surface area contributed by atoms with E-state index in [4.69, 9.17) is 5.11 Å². The monoisotopic (exact) mass is 376 g/mol. The van der Waals surface area contributed by atoms with Crippen LogP contribution in [0.4, 0.5) is 5.13 Å². The molecule has 0 aliphatic heterocycles. The third-order valence-corrected chi connectivity index (χ3v) is 6.20. The molecule has 1 aliphatic carbocycles. The summed E-state index contributed by atoms with van der Waals surface area (Å²) in [4.78, 5) is 16.3. The Balaban J connectivity index is 1.59. The molecule has 0 unspecified atom stereocenters. The first-order valence-electron chi connectivity index (χ1n) is 8.80. The van der Waals surface area contributed by atoms with Gasteiger partial charge in [0.2, 0.25) is 5.91 Å². The number of nitrogens with one attached hydrogen (secondary N) is 1. The highest BCUT2D eigenvalue weighted by molar-refractivity contribution is 7.99. The van der Waals surface area contributed by atoms with Crippen molar-refractivity contribution in [1.82, 2.24) is 4.98 Å². The van der Waals surface area contributed by atoms with Crippen molar-refractivity contribution < 1.29 is 9.90 Å². The number of aliphatic hydroxyl groups excluding tert-OH is 1. The van der Waals surface area contributed by atoms with E-state index in [-0.39, 0.29) is 12.5 Å². The van der Waals surface area contributed by atoms with Gasteiger partial charge in [-0.1, -0.05) is 43.5 Å². The minimum absolute atomic E-state index is 0.0769. The molecule has 6 heteroatoms. The molecular formula is C19H24N2O2S2. The summed E-state index contributed by atoms with van der Waals surface area (Å²) in [5.74, 6) is 1.55. The first-order valence-corrected chi connectivity index (χ1v) is 10.8. The molecule has 0 spiro atoms. The van der Waals surface area contributed by atoms with E-state index in [0.717, 1.165) is 11.3 Å². The Labute approximate surface area is 157 Å². The predicted molar refractivity (Wildman–Crippen MR) is 106 cm³/mol. The standard InChI is InChI=1S/C19H24N2O2S2/c22-10-11-24-13-18(23)21-19-20-17(12-25-19)16-8-6-15(7-9-16)14-4-2-1-3-5-14/h6-9,12,14,22H,1-5,10-11,13H2,(H,20,21,23). The van der Waals surface area contributed by atoms with Gasteiger partial charge in [-0.15, -0.1) is 23.1 Å². The third kappa shape index (κ3) is 5.30. The molecule has 2 N–H and O–H groups in total. The number of anilines is 1. The summed E-state index contributed by atoms with van der Waals surface area (Å²) in [6, 6.07) is 8.74. The Bertz CT molecular complexity index is 679. The molecule has 0 radical (unpaired) electrons. The number of carbonyl (C=O) groups excluding carboxylic acids is 1. The van der Waals surface area contributed by atoms with Gasteiger partial charge >= 0.3 is 0 Å². The van der Waals surface area contributed by atoms with E-state index in [1.165, 1.54) is 60.8 Å². The number of nitrogens with zero attached hydrogens (tertiary/aromatic N) is 1. The molecule has 1 aromatic heterocycles. The van der Waals surface area contributed by atoms with Gasteiger partial charge in [0.15, 0.2) is 5.13 Å². The SMILES string of the molecule is O=C(CSCCO)Nc1nc(-c2ccc(C3CCCCC3)cc2)cs1. The zero-order chi connectivity index (χ0) is 17.5. The van der Waals surface area contributed by atoms with Gasteiger partial charge in [0, 0.05) is 16.7 Å². The average molecular weight is 377 g/mol. The smallest absolute Gasteiger partial charge is 0.236 e. The minimum atomic E-state index is -0.0769. The largest absolute Gasteiger partial charge is 0.396 e. The van der Waals surface area contributed by atoms with Crippen LogP contribution in [-0.4, -0.2) is 34.1 Å². The summed E-state index contributed by atoms with van der Waals surface area (Å²) in [6.07, 6.45) is 6.68. The van der Waals surface area contributed by atoms with Crippen LogP contribution in [0.1, 0.15) is 43.6 Å². The molecule has 1 aliphatic rings. The van der Waals surface area contributed by atoms with Crippen LogP contribution in [0.3, 0.4) is 0 Å². The molecule has 4 nitrogen and oxygen atoms in total. The highest BCUT2D eigenvalue weighted by Gasteiger charge is 2.15. The van der Waals surface area contributed by atoms with Crippen LogP contribution in [0.15, 0.2) is 29.6 Å². The van der Waals surface area contributed by atoms with Crippen molar-refractivity contribution in [3.8, 4) is 11.3 Å². The molecule has 1 amide bonds. The van der Waals surface area contributed by atoms with E-state index in [9.17, 15) is 4.79 Å². The van der Waals surface area contributed by atoms with Gasteiger partial charge in [-0.3, -0.25) is 4.79 Å². The molecule has 0 atom stereocenters. The summed E-state index contributed by atoms with van der Waals surface area (Å²) in [6.45, 7) is 0.0935. The number of rotatable bonds is 7. The molecule has 1 saturated carbocycles. The summed E-state index contributed by atoms with van der Waals surface area (Å²) in [5, 5.41) is 14.2. The zero-order valence-electron chi connectivity index (χ0n) is 14.2. The molecule has 2 aromatic rings. The molecule has 0 saturated heterocycles. The lowest BCUT2D eigenvalue weighted by Crippen LogP contribution is -2.14. The lowest BCUT2D eigenvalue weighted by atomic mass is 9.84. The zero-order valence-corrected chi connectivity index (χ0v) is 15.9. The van der Waals surface area contributed by atoms with Crippen LogP contribution in [0.2, 0.25) is 0 Å². The average Bonchev–Trinajstić information content (AvgIpc) is 3.11. The number of aromatic nitrogens is 1. The van der Waals surface area contributed by atoms with E-state index < -0.39 is 0 Å². The fourth-order valence-electron chi connectivity index (χ4n) is 3.21. The maximum Gasteiger partial charge on any atom is 0.236 e. The second kappa shape index (κ2) is 9.36. The van der Waals surface area contributed by atoms with E-state index in [1.807, 2.05) is 5.38 Å². The van der Waals surface area contributed by atoms with Gasteiger partial charge in [-0.2, -0.15) is 0 Å². The molecule has 0 bridgehead atoms. The van der Waals surface area contributed by atoms with Crippen LogP contribution in [0.5, 0.6) is 0 Å². The summed E-state index contributed by atoms with van der Waals surface area (Å²) >= 11 is 2.86. The van der Waals surface area contributed by atoms with Crippen LogP contribution in [0, 0.1) is 0 Å². The van der Waals surface area contributed by atoms with E-state index >= 15 is 0 Å². The maximum absolute atomic E-state index is 11.8. The van der Waals surface area contributed by atoms with Gasteiger partial charge in [0.25, 0.3) is 0 Å². The molecule has 1 aromatic carbocycles. The van der Waals surface area contributed by atoms with Crippen molar-refractivity contribution in [2.24, 2.45) is 0 Å². The first kappa shape index (κ1) is 18.4. The Hall–Kier alpha value is -1.37. The Morgan fingerprint density at radius 2 is 2.00 bits per heavy atom. The lowest BCUT2D eigenvalue weighted by molar-refractivity contribution is -0.113. The normalized spacial score (nSPS) is 15.2. The van der Waals surface area contributed by atoms with Crippen LogP contribution < -0.4 is 5.32 Å². The lowest BCUT2D eigenvalue weighted by Gasteiger charge is -2.22. The van der Waals surface area contributed by atoms with Gasteiger partial charge in [-0.25, -0.2) is 4.98 Å². The summed E-state index contributed by atoms with van der Waals surface area (Å²) in [5.41, 5.74) is 3.43. The van der Waals surface area contributed by atoms with Crippen molar-refractivity contribution in [3.63, 3.8) is 0 Å². The van der Waals surface area contributed by atoms with E-state index in [2.05, 4.69) is 34.6 Å². The van der Waals surface area contributed by atoms with Gasteiger partial charge in [0.1, 0.15) is 0 Å². The molecule has 25 heavy (non-hydrogen) atoms. The number of hydrogen-bond donors (Lipinski definition) is 2. The quantitative estimate of drug-likeness (QED) is 0.697. The molecule has 134 valence electrons. The second-order valence-electron chi connectivity index (χ2n) is 6.32. The number of hydrogen-bond acceptors (Lipinski definition) is 5. The summed E-state index contributed by atoms with van der Waals surface area (Å²) in [7, 11) is 0. The predicted octanol–water partition coefficient (Wildman–Crippen LogP) is 4.52. The van der Waals surface area contributed by atoms with Crippen LogP contribution >= 0.6 is 23.1 Å². The third-order valence-electron chi connectivity index (χ3n) is 4.50. The Morgan fingerprint density at radius 3 is 2.72 bits per heavy atom. The van der Waals surface area contributed by atoms with Gasteiger partial charge in [-0.05, 0) is 24.3 Å². The first-order chi connectivity index (χ1) is 12.3. The fourth-order valence-corrected chi connectivity index (χ4v) is 4.48. The second-order valence-corrected chi connectivity index (χ2v) is 8.28. The highest BCUT2D eigenvalue weighted by atomic mass is 32.2.